The van der Waals surface area contributed by atoms with Crippen LogP contribution in [0.2, 0.25) is 0 Å². The molecule has 1 heterocycles. The number of fused-ring (bicyclic) bond motifs is 1. The second-order valence-electron chi connectivity index (χ2n) is 6.15. The third-order valence-electron chi connectivity index (χ3n) is 4.88. The van der Waals surface area contributed by atoms with Crippen molar-refractivity contribution >= 4 is 21.8 Å². The zero-order valence-corrected chi connectivity index (χ0v) is 14.0. The van der Waals surface area contributed by atoms with Crippen LogP contribution in [0.3, 0.4) is 0 Å². The minimum Gasteiger partial charge on any atom is -0.381 e. The van der Waals surface area contributed by atoms with E-state index in [0.29, 0.717) is 12.8 Å². The maximum atomic E-state index is 12.8. The van der Waals surface area contributed by atoms with Crippen molar-refractivity contribution in [3.8, 4) is 0 Å². The Morgan fingerprint density at radius 1 is 1.48 bits per heavy atom. The third kappa shape index (κ3) is 2.41. The summed E-state index contributed by atoms with van der Waals surface area (Å²) in [5.41, 5.74) is 8.06. The molecule has 0 radical (unpaired) electrons. The van der Waals surface area contributed by atoms with Gasteiger partial charge < -0.3 is 15.4 Å². The molecule has 1 aliphatic carbocycles. The molecule has 1 unspecified atom stereocenters. The molecule has 21 heavy (non-hydrogen) atoms. The summed E-state index contributed by atoms with van der Waals surface area (Å²) in [6, 6.07) is 6.26. The summed E-state index contributed by atoms with van der Waals surface area (Å²) in [5.74, 6) is 0.0638. The van der Waals surface area contributed by atoms with Gasteiger partial charge in [0.1, 0.15) is 5.54 Å². The average molecular weight is 353 g/mol. The van der Waals surface area contributed by atoms with Crippen molar-refractivity contribution in [1.29, 1.82) is 0 Å². The lowest BCUT2D eigenvalue weighted by Crippen LogP contribution is -2.65. The SMILES string of the molecule is COC1CC(N)(C(=O)N2CCc3c(Br)cccc3C2C)C1. The Labute approximate surface area is 133 Å². The van der Waals surface area contributed by atoms with Gasteiger partial charge in [0.25, 0.3) is 0 Å². The molecule has 3 rings (SSSR count). The first-order valence-corrected chi connectivity index (χ1v) is 8.15. The normalized spacial score (nSPS) is 31.5. The number of amides is 1. The van der Waals surface area contributed by atoms with Gasteiger partial charge in [-0.2, -0.15) is 0 Å². The molecule has 5 heteroatoms. The number of rotatable bonds is 2. The lowest BCUT2D eigenvalue weighted by molar-refractivity contribution is -0.149. The van der Waals surface area contributed by atoms with Gasteiger partial charge in [0.2, 0.25) is 5.91 Å². The number of ether oxygens (including phenoxy) is 1. The van der Waals surface area contributed by atoms with Crippen molar-refractivity contribution in [1.82, 2.24) is 4.90 Å². The predicted molar refractivity (Wildman–Crippen MR) is 84.9 cm³/mol. The Hall–Kier alpha value is -0.910. The van der Waals surface area contributed by atoms with Crippen LogP contribution in [-0.2, 0) is 16.0 Å². The molecule has 0 saturated heterocycles. The van der Waals surface area contributed by atoms with E-state index in [1.165, 1.54) is 11.1 Å². The van der Waals surface area contributed by atoms with Crippen molar-refractivity contribution in [3.05, 3.63) is 33.8 Å². The highest BCUT2D eigenvalue weighted by Crippen LogP contribution is 2.39. The number of halogens is 1. The molecule has 4 nitrogen and oxygen atoms in total. The van der Waals surface area contributed by atoms with Gasteiger partial charge >= 0.3 is 0 Å². The molecule has 0 aromatic heterocycles. The number of methoxy groups -OCH3 is 1. The molecule has 1 atom stereocenters. The highest BCUT2D eigenvalue weighted by Gasteiger charge is 2.50. The van der Waals surface area contributed by atoms with E-state index in [0.717, 1.165) is 17.4 Å². The molecule has 1 amide bonds. The van der Waals surface area contributed by atoms with Crippen LogP contribution in [0.15, 0.2) is 22.7 Å². The van der Waals surface area contributed by atoms with Crippen LogP contribution in [0.1, 0.15) is 36.9 Å². The van der Waals surface area contributed by atoms with Crippen LogP contribution >= 0.6 is 15.9 Å². The molecule has 1 aliphatic heterocycles. The van der Waals surface area contributed by atoms with Gasteiger partial charge in [0.15, 0.2) is 0 Å². The zero-order chi connectivity index (χ0) is 15.2. The van der Waals surface area contributed by atoms with Crippen molar-refractivity contribution in [2.75, 3.05) is 13.7 Å². The second kappa shape index (κ2) is 5.38. The molecule has 0 spiro atoms. The summed E-state index contributed by atoms with van der Waals surface area (Å²) in [6.45, 7) is 2.81. The molecule has 2 aliphatic rings. The molecule has 2 N–H and O–H groups in total. The molecule has 1 aromatic carbocycles. The third-order valence-corrected chi connectivity index (χ3v) is 5.62. The number of carbonyl (C=O) groups excluding carboxylic acids is 1. The van der Waals surface area contributed by atoms with Gasteiger partial charge in [-0.3, -0.25) is 4.79 Å². The number of carbonyl (C=O) groups is 1. The van der Waals surface area contributed by atoms with Gasteiger partial charge in [-0.15, -0.1) is 0 Å². The van der Waals surface area contributed by atoms with E-state index in [9.17, 15) is 4.79 Å². The van der Waals surface area contributed by atoms with Gasteiger partial charge in [0, 0.05) is 31.0 Å². The highest BCUT2D eigenvalue weighted by atomic mass is 79.9. The summed E-state index contributed by atoms with van der Waals surface area (Å²) >= 11 is 3.60. The van der Waals surface area contributed by atoms with E-state index in [-0.39, 0.29) is 18.1 Å². The van der Waals surface area contributed by atoms with Crippen LogP contribution in [0.5, 0.6) is 0 Å². The predicted octanol–water partition coefficient (Wildman–Crippen LogP) is 2.40. The number of nitrogens with two attached hydrogens (primary N) is 1. The van der Waals surface area contributed by atoms with Crippen molar-refractivity contribution < 1.29 is 9.53 Å². The van der Waals surface area contributed by atoms with E-state index in [4.69, 9.17) is 10.5 Å². The fourth-order valence-corrected chi connectivity index (χ4v) is 4.06. The first-order valence-electron chi connectivity index (χ1n) is 7.36. The minimum absolute atomic E-state index is 0.0638. The van der Waals surface area contributed by atoms with E-state index in [1.807, 2.05) is 11.0 Å². The lowest BCUT2D eigenvalue weighted by Gasteiger charge is -2.47. The first-order chi connectivity index (χ1) is 9.96. The van der Waals surface area contributed by atoms with Crippen molar-refractivity contribution in [2.45, 2.75) is 43.9 Å². The monoisotopic (exact) mass is 352 g/mol. The van der Waals surface area contributed by atoms with E-state index < -0.39 is 5.54 Å². The summed E-state index contributed by atoms with van der Waals surface area (Å²) in [6.07, 6.45) is 2.24. The fourth-order valence-electron chi connectivity index (χ4n) is 3.48. The van der Waals surface area contributed by atoms with Crippen LogP contribution in [0, 0.1) is 0 Å². The second-order valence-corrected chi connectivity index (χ2v) is 7.01. The summed E-state index contributed by atoms with van der Waals surface area (Å²) in [4.78, 5) is 14.7. The Balaban J connectivity index is 1.81. The number of benzene rings is 1. The van der Waals surface area contributed by atoms with Gasteiger partial charge in [-0.1, -0.05) is 28.1 Å². The van der Waals surface area contributed by atoms with Crippen LogP contribution in [0.25, 0.3) is 0 Å². The maximum absolute atomic E-state index is 12.8. The van der Waals surface area contributed by atoms with Gasteiger partial charge in [-0.25, -0.2) is 0 Å². The highest BCUT2D eigenvalue weighted by molar-refractivity contribution is 9.10. The van der Waals surface area contributed by atoms with E-state index >= 15 is 0 Å². The maximum Gasteiger partial charge on any atom is 0.243 e. The number of hydrogen-bond acceptors (Lipinski definition) is 3. The smallest absolute Gasteiger partial charge is 0.243 e. The first kappa shape index (κ1) is 15.0. The Kier molecular flexibility index (Phi) is 3.84. The Morgan fingerprint density at radius 3 is 2.86 bits per heavy atom. The lowest BCUT2D eigenvalue weighted by atomic mass is 9.73. The molecule has 1 fully saturated rings. The van der Waals surface area contributed by atoms with Gasteiger partial charge in [-0.05, 0) is 30.5 Å². The van der Waals surface area contributed by atoms with E-state index in [2.05, 4.69) is 35.0 Å². The topological polar surface area (TPSA) is 55.6 Å². The fraction of sp³-hybridized carbons (Fsp3) is 0.562. The zero-order valence-electron chi connectivity index (χ0n) is 12.4. The summed E-state index contributed by atoms with van der Waals surface area (Å²) in [5, 5.41) is 0. The molecule has 1 aromatic rings. The van der Waals surface area contributed by atoms with E-state index in [1.54, 1.807) is 7.11 Å². The summed E-state index contributed by atoms with van der Waals surface area (Å²) in [7, 11) is 1.67. The number of nitrogens with zero attached hydrogens (tertiary/aromatic N) is 1. The largest absolute Gasteiger partial charge is 0.381 e. The quantitative estimate of drug-likeness (QED) is 0.888. The molecule has 1 saturated carbocycles. The molecule has 0 bridgehead atoms. The molecule has 114 valence electrons. The standard InChI is InChI=1S/C16H21BrN2O2/c1-10-12-4-3-5-14(17)13(12)6-7-19(10)15(20)16(18)8-11(9-16)21-2/h3-5,10-11H,6-9,18H2,1-2H3. The number of hydrogen-bond donors (Lipinski definition) is 1. The Bertz CT molecular complexity index is 569. The average Bonchev–Trinajstić information content (AvgIpc) is 2.44. The van der Waals surface area contributed by atoms with Crippen LogP contribution < -0.4 is 5.73 Å². The van der Waals surface area contributed by atoms with Crippen LogP contribution in [-0.4, -0.2) is 36.1 Å². The van der Waals surface area contributed by atoms with Crippen molar-refractivity contribution in [2.24, 2.45) is 5.73 Å². The Morgan fingerprint density at radius 2 is 2.19 bits per heavy atom. The van der Waals surface area contributed by atoms with Crippen molar-refractivity contribution in [3.63, 3.8) is 0 Å². The van der Waals surface area contributed by atoms with Crippen LogP contribution in [0.4, 0.5) is 0 Å². The summed E-state index contributed by atoms with van der Waals surface area (Å²) < 4.78 is 6.39. The minimum atomic E-state index is -0.738. The molecular weight excluding hydrogens is 332 g/mol. The van der Waals surface area contributed by atoms with Gasteiger partial charge in [0.05, 0.1) is 12.1 Å². The molecular formula is C16H21BrN2O2.